The minimum absolute atomic E-state index is 0.196. The highest BCUT2D eigenvalue weighted by Crippen LogP contribution is 2.15. The number of aromatic amines is 1. The van der Waals surface area contributed by atoms with Gasteiger partial charge in [-0.3, -0.25) is 4.79 Å². The van der Waals surface area contributed by atoms with Crippen molar-refractivity contribution >= 4 is 5.91 Å². The largest absolute Gasteiger partial charge is 0.464 e. The van der Waals surface area contributed by atoms with E-state index in [1.54, 1.807) is 0 Å². The highest BCUT2D eigenvalue weighted by molar-refractivity contribution is 5.91. The molecule has 0 aliphatic heterocycles. The van der Waals surface area contributed by atoms with Gasteiger partial charge in [-0.25, -0.2) is 0 Å². The summed E-state index contributed by atoms with van der Waals surface area (Å²) in [7, 11) is 0. The van der Waals surface area contributed by atoms with E-state index in [4.69, 9.17) is 4.42 Å². The van der Waals surface area contributed by atoms with Gasteiger partial charge in [0.05, 0.1) is 12.2 Å². The van der Waals surface area contributed by atoms with Crippen molar-refractivity contribution in [3.63, 3.8) is 0 Å². The fraction of sp³-hybridized carbons (Fsp3) is 0.300. The summed E-state index contributed by atoms with van der Waals surface area (Å²) in [6, 6.07) is 3.50. The summed E-state index contributed by atoms with van der Waals surface area (Å²) in [5, 5.41) is 12.4. The molecule has 0 aromatic carbocycles. The van der Waals surface area contributed by atoms with Crippen LogP contribution in [-0.4, -0.2) is 21.3 Å². The Morgan fingerprint density at radius 1 is 1.56 bits per heavy atom. The number of carbonyl (C=O) groups excluding carboxylic acids is 1. The Kier molecular flexibility index (Phi) is 2.72. The molecule has 2 aromatic rings. The van der Waals surface area contributed by atoms with Crippen molar-refractivity contribution in [3.05, 3.63) is 35.5 Å². The molecule has 2 heterocycles. The lowest BCUT2D eigenvalue weighted by Gasteiger charge is -2.09. The SMILES string of the molecule is Cc1ccc(C(C)NC(=O)c2cn[nH]n2)o1. The second-order valence-electron chi connectivity index (χ2n) is 3.50. The van der Waals surface area contributed by atoms with Gasteiger partial charge in [0.15, 0.2) is 5.69 Å². The van der Waals surface area contributed by atoms with Crippen molar-refractivity contribution in [1.29, 1.82) is 0 Å². The van der Waals surface area contributed by atoms with E-state index in [9.17, 15) is 4.79 Å². The van der Waals surface area contributed by atoms with Gasteiger partial charge in [0.1, 0.15) is 11.5 Å². The average molecular weight is 220 g/mol. The molecule has 2 rings (SSSR count). The second-order valence-corrected chi connectivity index (χ2v) is 3.50. The fourth-order valence-electron chi connectivity index (χ4n) is 1.34. The van der Waals surface area contributed by atoms with Crippen LogP contribution in [0.25, 0.3) is 0 Å². The maximum absolute atomic E-state index is 11.6. The average Bonchev–Trinajstić information content (AvgIpc) is 2.87. The maximum atomic E-state index is 11.6. The molecular weight excluding hydrogens is 208 g/mol. The number of amides is 1. The quantitative estimate of drug-likeness (QED) is 0.813. The Bertz CT molecular complexity index is 475. The lowest BCUT2D eigenvalue weighted by molar-refractivity contribution is 0.0930. The van der Waals surface area contributed by atoms with E-state index in [0.29, 0.717) is 5.76 Å². The van der Waals surface area contributed by atoms with Crippen molar-refractivity contribution in [1.82, 2.24) is 20.7 Å². The molecule has 2 aromatic heterocycles. The van der Waals surface area contributed by atoms with E-state index in [1.807, 2.05) is 26.0 Å². The molecular formula is C10H12N4O2. The molecule has 0 spiro atoms. The molecule has 0 saturated carbocycles. The predicted molar refractivity (Wildman–Crippen MR) is 55.7 cm³/mol. The van der Waals surface area contributed by atoms with Gasteiger partial charge in [-0.2, -0.15) is 15.4 Å². The number of aromatic nitrogens is 3. The molecule has 0 aliphatic rings. The zero-order valence-electron chi connectivity index (χ0n) is 9.02. The van der Waals surface area contributed by atoms with E-state index in [2.05, 4.69) is 20.7 Å². The van der Waals surface area contributed by atoms with E-state index < -0.39 is 0 Å². The number of furan rings is 1. The maximum Gasteiger partial charge on any atom is 0.274 e. The van der Waals surface area contributed by atoms with Crippen LogP contribution in [0.4, 0.5) is 0 Å². The lowest BCUT2D eigenvalue weighted by Crippen LogP contribution is -2.26. The number of rotatable bonds is 3. The highest BCUT2D eigenvalue weighted by atomic mass is 16.3. The third-order valence-electron chi connectivity index (χ3n) is 2.18. The molecule has 2 N–H and O–H groups in total. The third kappa shape index (κ3) is 2.10. The zero-order valence-corrected chi connectivity index (χ0v) is 9.02. The summed E-state index contributed by atoms with van der Waals surface area (Å²) < 4.78 is 5.40. The number of nitrogens with zero attached hydrogens (tertiary/aromatic N) is 2. The molecule has 16 heavy (non-hydrogen) atoms. The molecule has 6 heteroatoms. The lowest BCUT2D eigenvalue weighted by atomic mass is 10.2. The minimum Gasteiger partial charge on any atom is -0.464 e. The van der Waals surface area contributed by atoms with Crippen LogP contribution >= 0.6 is 0 Å². The summed E-state index contributed by atoms with van der Waals surface area (Å²) in [5.41, 5.74) is 0.259. The Hall–Kier alpha value is -2.11. The molecule has 0 bridgehead atoms. The van der Waals surface area contributed by atoms with Crippen LogP contribution in [-0.2, 0) is 0 Å². The smallest absolute Gasteiger partial charge is 0.274 e. The van der Waals surface area contributed by atoms with Gasteiger partial charge in [-0.15, -0.1) is 0 Å². The standard InChI is InChI=1S/C10H12N4O2/c1-6-3-4-9(16-6)7(2)12-10(15)8-5-11-14-13-8/h3-5,7H,1-2H3,(H,12,15)(H,11,13,14). The van der Waals surface area contributed by atoms with E-state index in [1.165, 1.54) is 6.20 Å². The van der Waals surface area contributed by atoms with Gasteiger partial charge in [0.2, 0.25) is 0 Å². The monoisotopic (exact) mass is 220 g/mol. The molecule has 0 saturated heterocycles. The number of aryl methyl sites for hydroxylation is 1. The molecule has 1 atom stereocenters. The van der Waals surface area contributed by atoms with Crippen LogP contribution < -0.4 is 5.32 Å². The van der Waals surface area contributed by atoms with Gasteiger partial charge < -0.3 is 9.73 Å². The van der Waals surface area contributed by atoms with Crippen LogP contribution in [0.1, 0.15) is 35.0 Å². The van der Waals surface area contributed by atoms with Crippen LogP contribution in [0.3, 0.4) is 0 Å². The van der Waals surface area contributed by atoms with Gasteiger partial charge in [-0.1, -0.05) is 0 Å². The first kappa shape index (κ1) is 10.4. The number of carbonyl (C=O) groups is 1. The zero-order chi connectivity index (χ0) is 11.5. The van der Waals surface area contributed by atoms with Crippen LogP contribution in [0.2, 0.25) is 0 Å². The first-order chi connectivity index (χ1) is 7.66. The molecule has 1 unspecified atom stereocenters. The Labute approximate surface area is 92.0 Å². The normalized spacial score (nSPS) is 12.4. The van der Waals surface area contributed by atoms with Crippen molar-refractivity contribution < 1.29 is 9.21 Å². The molecule has 6 nitrogen and oxygen atoms in total. The minimum atomic E-state index is -0.282. The number of H-pyrrole nitrogens is 1. The van der Waals surface area contributed by atoms with E-state index in [-0.39, 0.29) is 17.6 Å². The van der Waals surface area contributed by atoms with Crippen LogP contribution in [0.5, 0.6) is 0 Å². The molecule has 1 amide bonds. The summed E-state index contributed by atoms with van der Waals surface area (Å²) >= 11 is 0. The molecule has 0 aliphatic carbocycles. The van der Waals surface area contributed by atoms with Crippen molar-refractivity contribution in [3.8, 4) is 0 Å². The van der Waals surface area contributed by atoms with Crippen molar-refractivity contribution in [2.24, 2.45) is 0 Å². The molecule has 84 valence electrons. The molecule has 0 fully saturated rings. The van der Waals surface area contributed by atoms with E-state index in [0.717, 1.165) is 5.76 Å². The molecule has 0 radical (unpaired) electrons. The number of hydrogen-bond acceptors (Lipinski definition) is 4. The third-order valence-corrected chi connectivity index (χ3v) is 2.18. The van der Waals surface area contributed by atoms with E-state index >= 15 is 0 Å². The summed E-state index contributed by atoms with van der Waals surface area (Å²) in [5.74, 6) is 1.25. The Balaban J connectivity index is 2.03. The summed E-state index contributed by atoms with van der Waals surface area (Å²) in [6.45, 7) is 3.70. The topological polar surface area (TPSA) is 83.8 Å². The Morgan fingerprint density at radius 2 is 2.38 bits per heavy atom. The van der Waals surface area contributed by atoms with Crippen LogP contribution in [0.15, 0.2) is 22.7 Å². The highest BCUT2D eigenvalue weighted by Gasteiger charge is 2.15. The van der Waals surface area contributed by atoms with Gasteiger partial charge in [0, 0.05) is 0 Å². The van der Waals surface area contributed by atoms with Gasteiger partial charge in [0.25, 0.3) is 5.91 Å². The fourth-order valence-corrected chi connectivity index (χ4v) is 1.34. The van der Waals surface area contributed by atoms with Gasteiger partial charge >= 0.3 is 0 Å². The first-order valence-corrected chi connectivity index (χ1v) is 4.90. The number of nitrogens with one attached hydrogen (secondary N) is 2. The van der Waals surface area contributed by atoms with Crippen molar-refractivity contribution in [2.75, 3.05) is 0 Å². The second kappa shape index (κ2) is 4.18. The summed E-state index contributed by atoms with van der Waals surface area (Å²) in [4.78, 5) is 11.6. The Morgan fingerprint density at radius 3 is 2.94 bits per heavy atom. The van der Waals surface area contributed by atoms with Crippen molar-refractivity contribution in [2.45, 2.75) is 19.9 Å². The first-order valence-electron chi connectivity index (χ1n) is 4.90. The predicted octanol–water partition coefficient (Wildman–Crippen LogP) is 1.20. The number of hydrogen-bond donors (Lipinski definition) is 2. The van der Waals surface area contributed by atoms with Crippen LogP contribution in [0, 0.1) is 6.92 Å². The summed E-state index contributed by atoms with van der Waals surface area (Å²) in [6.07, 6.45) is 1.37. The van der Waals surface area contributed by atoms with Gasteiger partial charge in [-0.05, 0) is 26.0 Å².